The molecule has 0 aliphatic rings. The van der Waals surface area contributed by atoms with Crippen LogP contribution in [0.1, 0.15) is 28.2 Å². The molecule has 0 spiro atoms. The summed E-state index contributed by atoms with van der Waals surface area (Å²) in [5.41, 5.74) is -0.948. The summed E-state index contributed by atoms with van der Waals surface area (Å²) in [7, 11) is 0.583. The number of aryl methyl sites for hydroxylation is 1. The molecular weight excluding hydrogens is 551 g/mol. The number of H-pyrrole nitrogens is 1. The number of nitrogens with two attached hydrogens (primary N) is 1. The molecule has 9 nitrogen and oxygen atoms in total. The van der Waals surface area contributed by atoms with Gasteiger partial charge in [0, 0.05) is 35.3 Å². The first-order valence-electron chi connectivity index (χ1n) is 10.5. The predicted octanol–water partition coefficient (Wildman–Crippen LogP) is 3.69. The third kappa shape index (κ3) is 6.09. The average Bonchev–Trinajstić information content (AvgIpc) is 2.80. The Labute approximate surface area is 222 Å². The number of alkyl halides is 2. The van der Waals surface area contributed by atoms with Crippen LogP contribution in [-0.4, -0.2) is 50.3 Å². The Bertz CT molecular complexity index is 1500. The van der Waals surface area contributed by atoms with E-state index in [2.05, 4.69) is 15.0 Å². The zero-order valence-electron chi connectivity index (χ0n) is 20.1. The van der Waals surface area contributed by atoms with Gasteiger partial charge in [0.1, 0.15) is 17.1 Å². The van der Waals surface area contributed by atoms with Gasteiger partial charge >= 0.3 is 5.92 Å². The van der Waals surface area contributed by atoms with Gasteiger partial charge in [0.15, 0.2) is 5.82 Å². The number of rotatable bonds is 7. The molecule has 198 valence electrons. The highest BCUT2D eigenvalue weighted by Gasteiger charge is 2.38. The van der Waals surface area contributed by atoms with Crippen molar-refractivity contribution in [3.63, 3.8) is 0 Å². The Morgan fingerprint density at radius 2 is 1.76 bits per heavy atom. The summed E-state index contributed by atoms with van der Waals surface area (Å²) >= 11 is 12.4. The highest BCUT2D eigenvalue weighted by atomic mass is 35.5. The largest absolute Gasteiger partial charge is 0.497 e. The quantitative estimate of drug-likeness (QED) is 0.327. The van der Waals surface area contributed by atoms with E-state index < -0.39 is 27.3 Å². The molecule has 0 saturated carbocycles. The van der Waals surface area contributed by atoms with Gasteiger partial charge in [0.05, 0.1) is 24.2 Å². The molecule has 0 saturated heterocycles. The van der Waals surface area contributed by atoms with Crippen LogP contribution < -0.4 is 15.4 Å². The van der Waals surface area contributed by atoms with Gasteiger partial charge in [-0.1, -0.05) is 23.2 Å². The van der Waals surface area contributed by atoms with Crippen molar-refractivity contribution in [2.45, 2.75) is 24.3 Å². The Morgan fingerprint density at radius 1 is 1.19 bits per heavy atom. The number of amidine groups is 1. The van der Waals surface area contributed by atoms with Crippen molar-refractivity contribution >= 4 is 39.1 Å². The van der Waals surface area contributed by atoms with E-state index in [1.165, 1.54) is 43.2 Å². The van der Waals surface area contributed by atoms with Crippen molar-refractivity contribution in [3.05, 3.63) is 85.0 Å². The third-order valence-corrected chi connectivity index (χ3v) is 6.89. The molecule has 0 unspecified atom stereocenters. The lowest BCUT2D eigenvalue weighted by Gasteiger charge is -2.20. The highest BCUT2D eigenvalue weighted by Crippen LogP contribution is 2.34. The monoisotopic (exact) mass is 573 g/mol. The first-order chi connectivity index (χ1) is 17.2. The fraction of sp³-hybridized carbons (Fsp3) is 0.261. The Balaban J connectivity index is 2.03. The summed E-state index contributed by atoms with van der Waals surface area (Å²) < 4.78 is 58.5. The van der Waals surface area contributed by atoms with Crippen LogP contribution in [0.5, 0.6) is 5.75 Å². The van der Waals surface area contributed by atoms with E-state index in [4.69, 9.17) is 33.1 Å². The molecule has 37 heavy (non-hydrogen) atoms. The van der Waals surface area contributed by atoms with Gasteiger partial charge in [-0.3, -0.25) is 9.79 Å². The van der Waals surface area contributed by atoms with Crippen LogP contribution in [0.3, 0.4) is 0 Å². The number of halogens is 4. The molecule has 0 amide bonds. The number of aliphatic imine (C=N–C) groups is 1. The Morgan fingerprint density at radius 3 is 2.22 bits per heavy atom. The van der Waals surface area contributed by atoms with Crippen LogP contribution in [0.25, 0.3) is 0 Å². The number of hydrogen-bond donors (Lipinski definition) is 2. The number of methoxy groups -OCH3 is 1. The summed E-state index contributed by atoms with van der Waals surface area (Å²) in [5.74, 6) is -3.89. The minimum atomic E-state index is -4.04. The zero-order chi connectivity index (χ0) is 27.7. The van der Waals surface area contributed by atoms with Crippen LogP contribution in [0.15, 0.2) is 51.1 Å². The number of sulfonamides is 1. The molecular formula is C23H23Cl2F2N5O4S. The molecule has 1 aromatic heterocycles. The predicted molar refractivity (Wildman–Crippen MR) is 137 cm³/mol. The number of nitrogens with zero attached hydrogens (tertiary/aromatic N) is 3. The molecule has 0 bridgehead atoms. The second kappa shape index (κ2) is 10.7. The molecule has 2 aromatic carbocycles. The maximum atomic E-state index is 15.2. The maximum Gasteiger partial charge on any atom is 0.329 e. The highest BCUT2D eigenvalue weighted by molar-refractivity contribution is 7.89. The number of hydrogen-bond acceptors (Lipinski definition) is 6. The summed E-state index contributed by atoms with van der Waals surface area (Å²) in [5, 5.41) is 5.12. The molecule has 0 atom stereocenters. The number of primary sulfonamides is 1. The van der Waals surface area contributed by atoms with Gasteiger partial charge in [-0.05, 0) is 43.3 Å². The maximum absolute atomic E-state index is 15.2. The van der Waals surface area contributed by atoms with Crippen molar-refractivity contribution in [2.24, 2.45) is 10.1 Å². The van der Waals surface area contributed by atoms with Crippen LogP contribution in [-0.2, 0) is 22.5 Å². The minimum Gasteiger partial charge on any atom is -0.497 e. The number of aromatic nitrogens is 2. The molecule has 3 aromatic rings. The first-order valence-corrected chi connectivity index (χ1v) is 12.8. The van der Waals surface area contributed by atoms with E-state index in [-0.39, 0.29) is 49.7 Å². The Hall–Kier alpha value is -3.06. The summed E-state index contributed by atoms with van der Waals surface area (Å²) in [4.78, 5) is 24.8. The van der Waals surface area contributed by atoms with Gasteiger partial charge in [0.2, 0.25) is 10.0 Å². The van der Waals surface area contributed by atoms with Gasteiger partial charge in [-0.2, -0.15) is 8.78 Å². The normalized spacial score (nSPS) is 12.5. The van der Waals surface area contributed by atoms with E-state index >= 15 is 8.78 Å². The SMILES string of the molecule is COc1ccc(C(F)(F)c2nc(C)c(C(=NCc3c(Cl)cc(S(N)(=O)=O)cc3Cl)N(C)C)c(=O)[nH]2)cc1. The van der Waals surface area contributed by atoms with E-state index in [0.29, 0.717) is 5.75 Å². The number of nitrogens with one attached hydrogen (secondary N) is 1. The van der Waals surface area contributed by atoms with E-state index in [1.54, 1.807) is 14.1 Å². The number of benzene rings is 2. The van der Waals surface area contributed by atoms with Gasteiger partial charge in [-0.15, -0.1) is 0 Å². The molecule has 0 radical (unpaired) electrons. The molecule has 3 N–H and O–H groups in total. The molecule has 3 rings (SSSR count). The standard InChI is InChI=1S/C23H23Cl2F2N5O4S/c1-12-19(21(33)31-22(30-12)23(26,27)13-5-7-14(36-4)8-6-13)20(32(2)3)29-11-16-17(24)9-15(10-18(16)25)37(28,34)35/h5-10H,11H2,1-4H3,(H2,28,34,35)(H,30,31,33). The van der Waals surface area contributed by atoms with Crippen molar-refractivity contribution in [1.82, 2.24) is 14.9 Å². The van der Waals surface area contributed by atoms with Crippen molar-refractivity contribution < 1.29 is 21.9 Å². The zero-order valence-corrected chi connectivity index (χ0v) is 22.5. The van der Waals surface area contributed by atoms with Gasteiger partial charge in [-0.25, -0.2) is 18.5 Å². The van der Waals surface area contributed by atoms with Crippen molar-refractivity contribution in [1.29, 1.82) is 0 Å². The summed E-state index contributed by atoms with van der Waals surface area (Å²) in [6.45, 7) is 1.26. The summed E-state index contributed by atoms with van der Waals surface area (Å²) in [6.07, 6.45) is 0. The fourth-order valence-electron chi connectivity index (χ4n) is 3.43. The molecule has 14 heteroatoms. The van der Waals surface area contributed by atoms with E-state index in [9.17, 15) is 13.2 Å². The molecule has 0 fully saturated rings. The van der Waals surface area contributed by atoms with Crippen LogP contribution >= 0.6 is 23.2 Å². The van der Waals surface area contributed by atoms with Crippen LogP contribution in [0, 0.1) is 6.92 Å². The number of aromatic amines is 1. The van der Waals surface area contributed by atoms with E-state index in [1.807, 2.05) is 0 Å². The average molecular weight is 574 g/mol. The lowest BCUT2D eigenvalue weighted by atomic mass is 10.1. The second-order valence-corrected chi connectivity index (χ2v) is 10.5. The van der Waals surface area contributed by atoms with Gasteiger partial charge in [0.25, 0.3) is 5.56 Å². The van der Waals surface area contributed by atoms with Crippen LogP contribution in [0.4, 0.5) is 8.78 Å². The van der Waals surface area contributed by atoms with Crippen molar-refractivity contribution in [3.8, 4) is 5.75 Å². The van der Waals surface area contributed by atoms with Crippen LogP contribution in [0.2, 0.25) is 10.0 Å². The number of ether oxygens (including phenoxy) is 1. The molecule has 1 heterocycles. The van der Waals surface area contributed by atoms with Crippen molar-refractivity contribution in [2.75, 3.05) is 21.2 Å². The van der Waals surface area contributed by atoms with Gasteiger partial charge < -0.3 is 14.6 Å². The minimum absolute atomic E-state index is 0.00313. The Kier molecular flexibility index (Phi) is 8.27. The lowest BCUT2D eigenvalue weighted by Crippen LogP contribution is -2.34. The third-order valence-electron chi connectivity index (χ3n) is 5.33. The first kappa shape index (κ1) is 28.5. The second-order valence-electron chi connectivity index (χ2n) is 8.12. The fourth-order valence-corrected chi connectivity index (χ4v) is 4.73. The van der Waals surface area contributed by atoms with E-state index in [0.717, 1.165) is 12.1 Å². The summed E-state index contributed by atoms with van der Waals surface area (Å²) in [6, 6.07) is 7.40. The smallest absolute Gasteiger partial charge is 0.329 e. The topological polar surface area (TPSA) is 131 Å². The molecule has 0 aliphatic carbocycles. The lowest BCUT2D eigenvalue weighted by molar-refractivity contribution is 0.0323. The molecule has 0 aliphatic heterocycles.